The number of aromatic nitrogens is 4. The molecule has 7 heteroatoms. The Morgan fingerprint density at radius 3 is 2.81 bits per heavy atom. The lowest BCUT2D eigenvalue weighted by atomic mass is 9.95. The molecule has 1 aliphatic carbocycles. The number of aromatic amines is 1. The summed E-state index contributed by atoms with van der Waals surface area (Å²) in [5.74, 6) is 1.28. The lowest BCUT2D eigenvalue weighted by Crippen LogP contribution is -2.32. The molecule has 3 unspecified atom stereocenters. The number of benzene rings is 1. The number of nitrogens with zero attached hydrogens (tertiary/aromatic N) is 4. The molecule has 130 valence electrons. The third-order valence-electron chi connectivity index (χ3n) is 5.28. The first-order valence-electron chi connectivity index (χ1n) is 8.61. The van der Waals surface area contributed by atoms with Crippen LogP contribution in [0.25, 0.3) is 11.3 Å². The van der Waals surface area contributed by atoms with Crippen LogP contribution in [-0.4, -0.2) is 32.3 Å². The van der Waals surface area contributed by atoms with Crippen LogP contribution >= 0.6 is 11.6 Å². The van der Waals surface area contributed by atoms with Gasteiger partial charge in [-0.25, -0.2) is 0 Å². The summed E-state index contributed by atoms with van der Waals surface area (Å²) >= 11 is 5.95. The Morgan fingerprint density at radius 2 is 2.04 bits per heavy atom. The third-order valence-corrected chi connectivity index (χ3v) is 5.54. The van der Waals surface area contributed by atoms with Crippen LogP contribution in [0.3, 0.4) is 0 Å². The van der Waals surface area contributed by atoms with E-state index in [2.05, 4.69) is 20.4 Å². The molecule has 3 heterocycles. The highest BCUT2D eigenvalue weighted by atomic mass is 35.5. The fraction of sp³-hybridized carbons (Fsp3) is 0.263. The van der Waals surface area contributed by atoms with Gasteiger partial charge in [-0.15, -0.1) is 0 Å². The quantitative estimate of drug-likeness (QED) is 0.770. The van der Waals surface area contributed by atoms with Gasteiger partial charge in [-0.2, -0.15) is 15.3 Å². The summed E-state index contributed by atoms with van der Waals surface area (Å²) in [4.78, 5) is 14.8. The Balaban J connectivity index is 1.37. The Labute approximate surface area is 155 Å². The van der Waals surface area contributed by atoms with Crippen LogP contribution in [0.1, 0.15) is 12.0 Å². The van der Waals surface area contributed by atoms with Crippen molar-refractivity contribution in [1.82, 2.24) is 20.4 Å². The lowest BCUT2D eigenvalue weighted by molar-refractivity contribution is -0.121. The SMILES string of the molecule is O=C1C(Cc2ccc(Cl)cc2)C2CC2N1c1cc(-c2ccnnc2)[nH]n1. The molecule has 1 aliphatic heterocycles. The van der Waals surface area contributed by atoms with Gasteiger partial charge in [0, 0.05) is 28.6 Å². The van der Waals surface area contributed by atoms with Crippen molar-refractivity contribution < 1.29 is 4.79 Å². The van der Waals surface area contributed by atoms with Gasteiger partial charge >= 0.3 is 0 Å². The van der Waals surface area contributed by atoms with Crippen molar-refractivity contribution in [2.24, 2.45) is 11.8 Å². The molecule has 1 saturated carbocycles. The van der Waals surface area contributed by atoms with Gasteiger partial charge in [0.15, 0.2) is 5.82 Å². The highest BCUT2D eigenvalue weighted by Gasteiger charge is 2.59. The van der Waals surface area contributed by atoms with Crippen molar-refractivity contribution in [1.29, 1.82) is 0 Å². The number of H-pyrrole nitrogens is 1. The molecule has 0 spiro atoms. The molecular formula is C19H16ClN5O. The molecule has 2 fully saturated rings. The van der Waals surface area contributed by atoms with E-state index < -0.39 is 0 Å². The van der Waals surface area contributed by atoms with Gasteiger partial charge in [0.25, 0.3) is 0 Å². The smallest absolute Gasteiger partial charge is 0.232 e. The summed E-state index contributed by atoms with van der Waals surface area (Å²) in [6.07, 6.45) is 5.10. The van der Waals surface area contributed by atoms with Crippen molar-refractivity contribution >= 4 is 23.3 Å². The minimum Gasteiger partial charge on any atom is -0.292 e. The number of anilines is 1. The van der Waals surface area contributed by atoms with Crippen LogP contribution in [0.2, 0.25) is 5.02 Å². The summed E-state index contributed by atoms with van der Waals surface area (Å²) in [6.45, 7) is 0. The van der Waals surface area contributed by atoms with Crippen molar-refractivity contribution in [2.45, 2.75) is 18.9 Å². The molecule has 0 bridgehead atoms. The van der Waals surface area contributed by atoms with Crippen LogP contribution in [0.5, 0.6) is 0 Å². The number of piperidine rings is 1. The van der Waals surface area contributed by atoms with Crippen LogP contribution < -0.4 is 4.90 Å². The topological polar surface area (TPSA) is 74.8 Å². The zero-order valence-electron chi connectivity index (χ0n) is 13.8. The van der Waals surface area contributed by atoms with E-state index in [1.54, 1.807) is 12.4 Å². The summed E-state index contributed by atoms with van der Waals surface area (Å²) in [5, 5.41) is 15.8. The summed E-state index contributed by atoms with van der Waals surface area (Å²) in [7, 11) is 0. The van der Waals surface area contributed by atoms with E-state index in [9.17, 15) is 4.79 Å². The predicted octanol–water partition coefficient (Wildman–Crippen LogP) is 3.11. The second-order valence-corrected chi connectivity index (χ2v) is 7.32. The van der Waals surface area contributed by atoms with E-state index in [1.807, 2.05) is 41.3 Å². The average molecular weight is 366 g/mol. The van der Waals surface area contributed by atoms with E-state index in [1.165, 1.54) is 0 Å². The van der Waals surface area contributed by atoms with Crippen LogP contribution in [0, 0.1) is 11.8 Å². The molecule has 1 N–H and O–H groups in total. The van der Waals surface area contributed by atoms with Crippen LogP contribution in [-0.2, 0) is 11.2 Å². The van der Waals surface area contributed by atoms with Gasteiger partial charge in [-0.3, -0.25) is 14.8 Å². The van der Waals surface area contributed by atoms with Gasteiger partial charge in [-0.1, -0.05) is 23.7 Å². The molecule has 0 radical (unpaired) electrons. The normalized spacial score (nSPS) is 24.0. The van der Waals surface area contributed by atoms with E-state index in [0.29, 0.717) is 16.8 Å². The number of carbonyl (C=O) groups is 1. The predicted molar refractivity (Wildman–Crippen MR) is 97.6 cm³/mol. The zero-order valence-corrected chi connectivity index (χ0v) is 14.6. The Bertz CT molecular complexity index is 956. The van der Waals surface area contributed by atoms with Crippen molar-refractivity contribution in [3.8, 4) is 11.3 Å². The van der Waals surface area contributed by atoms with E-state index in [0.717, 1.165) is 29.7 Å². The highest BCUT2D eigenvalue weighted by molar-refractivity contribution is 6.30. The largest absolute Gasteiger partial charge is 0.292 e. The van der Waals surface area contributed by atoms with Gasteiger partial charge in [0.05, 0.1) is 18.1 Å². The molecule has 1 aromatic carbocycles. The minimum atomic E-state index is 0.0175. The maximum Gasteiger partial charge on any atom is 0.232 e. The maximum absolute atomic E-state index is 13.0. The van der Waals surface area contributed by atoms with Gasteiger partial charge < -0.3 is 0 Å². The van der Waals surface area contributed by atoms with Crippen LogP contribution in [0.15, 0.2) is 48.8 Å². The Kier molecular flexibility index (Phi) is 3.53. The van der Waals surface area contributed by atoms with Crippen LogP contribution in [0.4, 0.5) is 5.82 Å². The molecule has 5 rings (SSSR count). The van der Waals surface area contributed by atoms with E-state index in [-0.39, 0.29) is 17.9 Å². The number of nitrogens with one attached hydrogen (secondary N) is 1. The standard InChI is InChI=1S/C19H16ClN5O/c20-13-3-1-11(2-4-13)7-15-14-8-17(14)25(19(15)26)18-9-16(23-24-18)12-5-6-21-22-10-12/h1-6,9-10,14-15,17H,7-8H2,(H,23,24). The summed E-state index contributed by atoms with van der Waals surface area (Å²) < 4.78 is 0. The zero-order chi connectivity index (χ0) is 17.7. The summed E-state index contributed by atoms with van der Waals surface area (Å²) in [6, 6.07) is 11.8. The number of fused-ring (bicyclic) bond motifs is 1. The third kappa shape index (κ3) is 2.57. The first kappa shape index (κ1) is 15.5. The number of amides is 1. The molecule has 1 saturated heterocycles. The number of rotatable bonds is 4. The van der Waals surface area contributed by atoms with Gasteiger partial charge in [-0.05, 0) is 42.5 Å². The number of halogens is 1. The molecule has 3 atom stereocenters. The van der Waals surface area contributed by atoms with Crippen molar-refractivity contribution in [2.75, 3.05) is 4.90 Å². The second-order valence-electron chi connectivity index (χ2n) is 6.88. The molecule has 3 aromatic rings. The van der Waals surface area contributed by atoms with E-state index in [4.69, 9.17) is 11.6 Å². The van der Waals surface area contributed by atoms with Gasteiger partial charge in [0.1, 0.15) is 0 Å². The summed E-state index contributed by atoms with van der Waals surface area (Å²) in [5.41, 5.74) is 2.88. The van der Waals surface area contributed by atoms with Crippen molar-refractivity contribution in [3.63, 3.8) is 0 Å². The maximum atomic E-state index is 13.0. The Morgan fingerprint density at radius 1 is 1.19 bits per heavy atom. The minimum absolute atomic E-state index is 0.0175. The fourth-order valence-electron chi connectivity index (χ4n) is 3.88. The van der Waals surface area contributed by atoms with E-state index >= 15 is 0 Å². The molecule has 26 heavy (non-hydrogen) atoms. The fourth-order valence-corrected chi connectivity index (χ4v) is 4.01. The molecule has 2 aliphatic rings. The van der Waals surface area contributed by atoms with Gasteiger partial charge in [0.2, 0.25) is 5.91 Å². The number of carbonyl (C=O) groups excluding carboxylic acids is 1. The first-order chi connectivity index (χ1) is 12.7. The molecule has 1 amide bonds. The average Bonchev–Trinajstić information content (AvgIpc) is 3.18. The number of hydrogen-bond acceptors (Lipinski definition) is 4. The molecular weight excluding hydrogens is 350 g/mol. The Hall–Kier alpha value is -2.73. The molecule has 6 nitrogen and oxygen atoms in total. The first-order valence-corrected chi connectivity index (χ1v) is 8.98. The second kappa shape index (κ2) is 5.92. The monoisotopic (exact) mass is 365 g/mol. The number of hydrogen-bond donors (Lipinski definition) is 1. The molecule has 2 aromatic heterocycles. The van der Waals surface area contributed by atoms with Crippen molar-refractivity contribution in [3.05, 3.63) is 59.4 Å². The highest BCUT2D eigenvalue weighted by Crippen LogP contribution is 2.51. The lowest BCUT2D eigenvalue weighted by Gasteiger charge is -2.18.